The van der Waals surface area contributed by atoms with Gasteiger partial charge in [0.15, 0.2) is 0 Å². The molecule has 0 aliphatic carbocycles. The average Bonchev–Trinajstić information content (AvgIpc) is 2.64. The van der Waals surface area contributed by atoms with Crippen molar-refractivity contribution in [3.05, 3.63) is 35.6 Å². The van der Waals surface area contributed by atoms with Crippen molar-refractivity contribution in [1.82, 2.24) is 19.2 Å². The molecule has 1 aromatic carbocycles. The molecular formula is C18H29FN4O3S. The molecule has 1 saturated heterocycles. The molecule has 9 heteroatoms. The van der Waals surface area contributed by atoms with Crippen LogP contribution in [0.2, 0.25) is 0 Å². The minimum Gasteiger partial charge on any atom is -0.355 e. The van der Waals surface area contributed by atoms with Gasteiger partial charge in [0, 0.05) is 19.6 Å². The van der Waals surface area contributed by atoms with Crippen LogP contribution >= 0.6 is 0 Å². The molecule has 152 valence electrons. The molecule has 1 aliphatic heterocycles. The molecule has 27 heavy (non-hydrogen) atoms. The lowest BCUT2D eigenvalue weighted by Crippen LogP contribution is -2.57. The zero-order valence-electron chi connectivity index (χ0n) is 16.1. The van der Waals surface area contributed by atoms with Gasteiger partial charge in [-0.1, -0.05) is 26.0 Å². The fourth-order valence-electron chi connectivity index (χ4n) is 3.19. The van der Waals surface area contributed by atoms with Gasteiger partial charge in [-0.2, -0.15) is 17.4 Å². The first-order valence-electron chi connectivity index (χ1n) is 9.29. The standard InChI is InChI=1S/C18H29FN4O3S/c1-4-23(5-2)12-6-11-20-18(24)17-13-16(21-27(25,26)22(17)3)14-7-9-15(19)10-8-14/h7-10,16-17,21H,4-6,11-13H2,1-3H3,(H,20,24). The van der Waals surface area contributed by atoms with Crippen LogP contribution in [0.25, 0.3) is 0 Å². The molecule has 7 nitrogen and oxygen atoms in total. The summed E-state index contributed by atoms with van der Waals surface area (Å²) in [5.41, 5.74) is 0.632. The Bertz CT molecular complexity index is 723. The van der Waals surface area contributed by atoms with Crippen LogP contribution < -0.4 is 10.0 Å². The van der Waals surface area contributed by atoms with Gasteiger partial charge in [-0.05, 0) is 50.2 Å². The topological polar surface area (TPSA) is 81.8 Å². The molecule has 1 aromatic rings. The number of carbonyl (C=O) groups excluding carboxylic acids is 1. The molecule has 2 rings (SSSR count). The Kier molecular flexibility index (Phi) is 7.72. The van der Waals surface area contributed by atoms with Gasteiger partial charge >= 0.3 is 0 Å². The fourth-order valence-corrected chi connectivity index (χ4v) is 4.47. The summed E-state index contributed by atoms with van der Waals surface area (Å²) in [6.07, 6.45) is 1.08. The highest BCUT2D eigenvalue weighted by atomic mass is 32.2. The van der Waals surface area contributed by atoms with Gasteiger partial charge in [0.25, 0.3) is 10.2 Å². The summed E-state index contributed by atoms with van der Waals surface area (Å²) in [5.74, 6) is -0.703. The summed E-state index contributed by atoms with van der Waals surface area (Å²) < 4.78 is 41.5. The molecule has 2 unspecified atom stereocenters. The Morgan fingerprint density at radius 1 is 1.30 bits per heavy atom. The Morgan fingerprint density at radius 2 is 1.93 bits per heavy atom. The van der Waals surface area contributed by atoms with E-state index in [4.69, 9.17) is 0 Å². The van der Waals surface area contributed by atoms with Crippen molar-refractivity contribution in [3.8, 4) is 0 Å². The van der Waals surface area contributed by atoms with E-state index in [1.54, 1.807) is 0 Å². The van der Waals surface area contributed by atoms with Gasteiger partial charge < -0.3 is 10.2 Å². The zero-order chi connectivity index (χ0) is 20.0. The second kappa shape index (κ2) is 9.59. The minimum absolute atomic E-state index is 0.281. The summed E-state index contributed by atoms with van der Waals surface area (Å²) in [5, 5.41) is 2.85. The normalized spacial score (nSPS) is 22.7. The molecule has 0 saturated carbocycles. The number of carbonyl (C=O) groups is 1. The summed E-state index contributed by atoms with van der Waals surface area (Å²) in [4.78, 5) is 14.9. The fraction of sp³-hybridized carbons (Fsp3) is 0.611. The molecule has 1 amide bonds. The molecule has 0 bridgehead atoms. The van der Waals surface area contributed by atoms with Crippen LogP contribution in [0.5, 0.6) is 0 Å². The molecule has 1 fully saturated rings. The van der Waals surface area contributed by atoms with Crippen molar-refractivity contribution in [2.24, 2.45) is 0 Å². The van der Waals surface area contributed by atoms with Gasteiger partial charge in [-0.25, -0.2) is 4.39 Å². The van der Waals surface area contributed by atoms with Gasteiger partial charge in [0.05, 0.1) is 0 Å². The minimum atomic E-state index is -3.79. The molecule has 2 atom stereocenters. The van der Waals surface area contributed by atoms with Crippen LogP contribution in [0, 0.1) is 5.82 Å². The highest BCUT2D eigenvalue weighted by Crippen LogP contribution is 2.27. The maximum absolute atomic E-state index is 13.1. The first kappa shape index (κ1) is 21.7. The Balaban J connectivity index is 2.00. The first-order valence-corrected chi connectivity index (χ1v) is 10.7. The lowest BCUT2D eigenvalue weighted by molar-refractivity contribution is -0.125. The summed E-state index contributed by atoms with van der Waals surface area (Å²) in [7, 11) is -2.40. The lowest BCUT2D eigenvalue weighted by atomic mass is 9.99. The number of rotatable bonds is 8. The van der Waals surface area contributed by atoms with Gasteiger partial charge in [-0.15, -0.1) is 0 Å². The lowest BCUT2D eigenvalue weighted by Gasteiger charge is -2.36. The van der Waals surface area contributed by atoms with Crippen molar-refractivity contribution in [2.45, 2.75) is 38.8 Å². The highest BCUT2D eigenvalue weighted by Gasteiger charge is 2.40. The maximum Gasteiger partial charge on any atom is 0.280 e. The number of halogens is 1. The van der Waals surface area contributed by atoms with Crippen LogP contribution in [-0.2, 0) is 15.0 Å². The van der Waals surface area contributed by atoms with E-state index in [-0.39, 0.29) is 12.3 Å². The first-order chi connectivity index (χ1) is 12.8. The van der Waals surface area contributed by atoms with E-state index in [1.807, 2.05) is 0 Å². The van der Waals surface area contributed by atoms with E-state index in [0.717, 1.165) is 30.4 Å². The van der Waals surface area contributed by atoms with Crippen LogP contribution in [-0.4, -0.2) is 62.8 Å². The van der Waals surface area contributed by atoms with Gasteiger partial charge in [0.1, 0.15) is 11.9 Å². The third-order valence-electron chi connectivity index (χ3n) is 4.99. The number of nitrogens with one attached hydrogen (secondary N) is 2. The van der Waals surface area contributed by atoms with Gasteiger partial charge in [0.2, 0.25) is 5.91 Å². The molecule has 0 radical (unpaired) electrons. The summed E-state index contributed by atoms with van der Waals surface area (Å²) in [6, 6.07) is 4.26. The van der Waals surface area contributed by atoms with Crippen molar-refractivity contribution in [3.63, 3.8) is 0 Å². The van der Waals surface area contributed by atoms with Crippen LogP contribution in [0.15, 0.2) is 24.3 Å². The quantitative estimate of drug-likeness (QED) is 0.644. The van der Waals surface area contributed by atoms with E-state index >= 15 is 0 Å². The summed E-state index contributed by atoms with van der Waals surface area (Å²) in [6.45, 7) is 7.47. The molecule has 0 aromatic heterocycles. The van der Waals surface area contributed by atoms with E-state index in [9.17, 15) is 17.6 Å². The van der Waals surface area contributed by atoms with Crippen molar-refractivity contribution in [1.29, 1.82) is 0 Å². The van der Waals surface area contributed by atoms with Crippen molar-refractivity contribution in [2.75, 3.05) is 33.2 Å². The van der Waals surface area contributed by atoms with Gasteiger partial charge in [-0.3, -0.25) is 4.79 Å². The monoisotopic (exact) mass is 400 g/mol. The SMILES string of the molecule is CCN(CC)CCCNC(=O)C1CC(c2ccc(F)cc2)NS(=O)(=O)N1C. The van der Waals surface area contributed by atoms with E-state index in [0.29, 0.717) is 12.1 Å². The van der Waals surface area contributed by atoms with E-state index in [1.165, 1.54) is 31.3 Å². The summed E-state index contributed by atoms with van der Waals surface area (Å²) >= 11 is 0. The molecule has 2 N–H and O–H groups in total. The van der Waals surface area contributed by atoms with Crippen LogP contribution in [0.4, 0.5) is 4.39 Å². The third-order valence-corrected chi connectivity index (χ3v) is 6.58. The van der Waals surface area contributed by atoms with E-state index in [2.05, 4.69) is 28.8 Å². The van der Waals surface area contributed by atoms with Crippen LogP contribution in [0.3, 0.4) is 0 Å². The average molecular weight is 401 g/mol. The molecule has 1 heterocycles. The zero-order valence-corrected chi connectivity index (χ0v) is 16.9. The number of amides is 1. The smallest absolute Gasteiger partial charge is 0.280 e. The number of hydrogen-bond acceptors (Lipinski definition) is 4. The number of nitrogens with zero attached hydrogens (tertiary/aromatic N) is 2. The van der Waals surface area contributed by atoms with E-state index < -0.39 is 28.1 Å². The number of likely N-dealkylation sites (N-methyl/N-ethyl adjacent to an activating group) is 1. The second-order valence-corrected chi connectivity index (χ2v) is 8.43. The van der Waals surface area contributed by atoms with Crippen molar-refractivity contribution >= 4 is 16.1 Å². The Labute approximate surface area is 161 Å². The number of benzene rings is 1. The predicted molar refractivity (Wildman–Crippen MR) is 103 cm³/mol. The van der Waals surface area contributed by atoms with Crippen LogP contribution in [0.1, 0.15) is 38.3 Å². The predicted octanol–water partition coefficient (Wildman–Crippen LogP) is 1.25. The highest BCUT2D eigenvalue weighted by molar-refractivity contribution is 7.87. The maximum atomic E-state index is 13.1. The van der Waals surface area contributed by atoms with Crippen molar-refractivity contribution < 1.29 is 17.6 Å². The Morgan fingerprint density at radius 3 is 2.52 bits per heavy atom. The Hall–Kier alpha value is -1.55. The largest absolute Gasteiger partial charge is 0.355 e. The number of hydrogen-bond donors (Lipinski definition) is 2. The second-order valence-electron chi connectivity index (χ2n) is 6.67. The molecular weight excluding hydrogens is 371 g/mol. The molecule has 0 spiro atoms. The third kappa shape index (κ3) is 5.71. The molecule has 1 aliphatic rings.